The fourth-order valence-corrected chi connectivity index (χ4v) is 3.20. The fourth-order valence-electron chi connectivity index (χ4n) is 3.20. The third-order valence-electron chi connectivity index (χ3n) is 4.42. The van der Waals surface area contributed by atoms with E-state index in [1.54, 1.807) is 0 Å². The molecular weight excluding hydrogens is 238 g/mol. The van der Waals surface area contributed by atoms with Crippen LogP contribution in [0.15, 0.2) is 0 Å². The van der Waals surface area contributed by atoms with Crippen molar-refractivity contribution < 1.29 is 0 Å². The minimum Gasteiger partial charge on any atom is -0.310 e. The summed E-state index contributed by atoms with van der Waals surface area (Å²) in [4.78, 5) is 0. The van der Waals surface area contributed by atoms with Crippen molar-refractivity contribution in [3.8, 4) is 0 Å². The molecule has 1 aliphatic carbocycles. The molecule has 1 aromatic heterocycles. The highest BCUT2D eigenvalue weighted by Gasteiger charge is 2.34. The number of hydrogen-bond donors (Lipinski definition) is 1. The first kappa shape index (κ1) is 14.4. The van der Waals surface area contributed by atoms with Crippen LogP contribution in [0.4, 0.5) is 0 Å². The summed E-state index contributed by atoms with van der Waals surface area (Å²) < 4.78 is 2.06. The number of hydrogen-bond acceptors (Lipinski definition) is 4. The zero-order valence-corrected chi connectivity index (χ0v) is 12.6. The van der Waals surface area contributed by atoms with Crippen molar-refractivity contribution in [3.05, 3.63) is 5.82 Å². The van der Waals surface area contributed by atoms with E-state index < -0.39 is 0 Å². The minimum atomic E-state index is 0.482. The summed E-state index contributed by atoms with van der Waals surface area (Å²) in [7, 11) is 0. The van der Waals surface area contributed by atoms with Gasteiger partial charge in [-0.15, -0.1) is 5.10 Å². The van der Waals surface area contributed by atoms with Crippen molar-refractivity contribution in [2.24, 2.45) is 17.8 Å². The highest BCUT2D eigenvalue weighted by molar-refractivity contribution is 4.91. The maximum absolute atomic E-state index is 4.23. The second kappa shape index (κ2) is 6.46. The van der Waals surface area contributed by atoms with Crippen molar-refractivity contribution in [2.45, 2.75) is 59.5 Å². The molecule has 108 valence electrons. The molecular formula is C14H27N5. The van der Waals surface area contributed by atoms with E-state index in [1.165, 1.54) is 19.3 Å². The predicted molar refractivity (Wildman–Crippen MR) is 75.6 cm³/mol. The Morgan fingerprint density at radius 2 is 2.16 bits per heavy atom. The summed E-state index contributed by atoms with van der Waals surface area (Å²) in [5.74, 6) is 3.14. The Balaban J connectivity index is 1.99. The van der Waals surface area contributed by atoms with Crippen molar-refractivity contribution in [1.29, 1.82) is 0 Å². The second-order valence-electron chi connectivity index (χ2n) is 6.24. The molecule has 0 bridgehead atoms. The van der Waals surface area contributed by atoms with E-state index in [0.717, 1.165) is 24.8 Å². The molecule has 1 aromatic rings. The average molecular weight is 265 g/mol. The molecule has 2 rings (SSSR count). The van der Waals surface area contributed by atoms with E-state index in [4.69, 9.17) is 0 Å². The zero-order chi connectivity index (χ0) is 13.8. The third-order valence-corrected chi connectivity index (χ3v) is 4.42. The molecule has 0 aliphatic heterocycles. The van der Waals surface area contributed by atoms with Crippen LogP contribution in [0, 0.1) is 17.8 Å². The van der Waals surface area contributed by atoms with Gasteiger partial charge in [-0.25, -0.2) is 4.68 Å². The van der Waals surface area contributed by atoms with Gasteiger partial charge in [0, 0.05) is 0 Å². The topological polar surface area (TPSA) is 55.6 Å². The Labute approximate surface area is 116 Å². The largest absolute Gasteiger partial charge is 0.310 e. The lowest BCUT2D eigenvalue weighted by Crippen LogP contribution is -2.24. The van der Waals surface area contributed by atoms with Gasteiger partial charge in [-0.05, 0) is 47.6 Å². The predicted octanol–water partition coefficient (Wildman–Crippen LogP) is 2.42. The molecule has 1 N–H and O–H groups in total. The highest BCUT2D eigenvalue weighted by atomic mass is 15.6. The molecule has 0 amide bonds. The molecule has 1 aliphatic rings. The fraction of sp³-hybridized carbons (Fsp3) is 0.929. The lowest BCUT2D eigenvalue weighted by atomic mass is 9.93. The molecule has 5 heteroatoms. The first-order valence-corrected chi connectivity index (χ1v) is 7.60. The Morgan fingerprint density at radius 1 is 1.37 bits per heavy atom. The van der Waals surface area contributed by atoms with Gasteiger partial charge in [0.05, 0.1) is 12.6 Å². The summed E-state index contributed by atoms with van der Waals surface area (Å²) in [6.07, 6.45) is 3.78. The molecule has 0 aromatic carbocycles. The van der Waals surface area contributed by atoms with Crippen molar-refractivity contribution in [2.75, 3.05) is 6.54 Å². The maximum atomic E-state index is 4.23. The van der Waals surface area contributed by atoms with E-state index in [9.17, 15) is 0 Å². The van der Waals surface area contributed by atoms with E-state index >= 15 is 0 Å². The molecule has 0 saturated heterocycles. The van der Waals surface area contributed by atoms with Gasteiger partial charge in [-0.1, -0.05) is 34.1 Å². The van der Waals surface area contributed by atoms with E-state index in [-0.39, 0.29) is 0 Å². The van der Waals surface area contributed by atoms with Gasteiger partial charge in [-0.2, -0.15) is 0 Å². The van der Waals surface area contributed by atoms with Crippen molar-refractivity contribution in [1.82, 2.24) is 25.5 Å². The number of nitrogens with one attached hydrogen (secondary N) is 1. The van der Waals surface area contributed by atoms with Crippen molar-refractivity contribution >= 4 is 0 Å². The summed E-state index contributed by atoms with van der Waals surface area (Å²) in [5.41, 5.74) is 0. The molecule has 5 nitrogen and oxygen atoms in total. The van der Waals surface area contributed by atoms with Crippen LogP contribution in [0.1, 0.15) is 58.8 Å². The monoisotopic (exact) mass is 265 g/mol. The number of rotatable bonds is 6. The van der Waals surface area contributed by atoms with Gasteiger partial charge in [0.2, 0.25) is 0 Å². The lowest BCUT2D eigenvalue weighted by molar-refractivity contribution is 0.300. The standard InChI is InChI=1S/C14H27N5/c1-5-12-6-7-13(11(12)4)19-14(16-17-18-19)9-15-8-10(2)3/h10-13,15H,5-9H2,1-4H3. The lowest BCUT2D eigenvalue weighted by Gasteiger charge is -2.20. The molecule has 0 spiro atoms. The van der Waals surface area contributed by atoms with E-state index in [2.05, 4.69) is 53.2 Å². The Morgan fingerprint density at radius 3 is 2.79 bits per heavy atom. The van der Waals surface area contributed by atoms with Crippen LogP contribution in [-0.2, 0) is 6.54 Å². The molecule has 3 unspecified atom stereocenters. The summed E-state index contributed by atoms with van der Waals surface area (Å²) in [6.45, 7) is 10.8. The van der Waals surface area contributed by atoms with Crippen LogP contribution < -0.4 is 5.32 Å². The van der Waals surface area contributed by atoms with Crippen molar-refractivity contribution in [3.63, 3.8) is 0 Å². The Kier molecular flexibility index (Phi) is 4.91. The molecule has 0 radical (unpaired) electrons. The van der Waals surface area contributed by atoms with Gasteiger partial charge in [-0.3, -0.25) is 0 Å². The quantitative estimate of drug-likeness (QED) is 0.858. The number of nitrogens with zero attached hydrogens (tertiary/aromatic N) is 4. The summed E-state index contributed by atoms with van der Waals surface area (Å²) in [5, 5.41) is 15.7. The van der Waals surface area contributed by atoms with Crippen LogP contribution >= 0.6 is 0 Å². The Hall–Kier alpha value is -0.970. The SMILES string of the molecule is CCC1CCC(n2nnnc2CNCC(C)C)C1C. The van der Waals surface area contributed by atoms with Crippen LogP contribution in [-0.4, -0.2) is 26.8 Å². The van der Waals surface area contributed by atoms with Gasteiger partial charge in [0.15, 0.2) is 5.82 Å². The smallest absolute Gasteiger partial charge is 0.165 e. The number of tetrazole rings is 1. The normalized spacial score (nSPS) is 27.3. The van der Waals surface area contributed by atoms with Gasteiger partial charge in [0.25, 0.3) is 0 Å². The van der Waals surface area contributed by atoms with Gasteiger partial charge in [0.1, 0.15) is 0 Å². The summed E-state index contributed by atoms with van der Waals surface area (Å²) >= 11 is 0. The van der Waals surface area contributed by atoms with Gasteiger partial charge < -0.3 is 5.32 Å². The van der Waals surface area contributed by atoms with Crippen LogP contribution in [0.2, 0.25) is 0 Å². The Bertz CT molecular complexity index is 387. The zero-order valence-electron chi connectivity index (χ0n) is 12.6. The molecule has 1 fully saturated rings. The first-order valence-electron chi connectivity index (χ1n) is 7.60. The summed E-state index contributed by atoms with van der Waals surface area (Å²) in [6, 6.07) is 0.482. The third kappa shape index (κ3) is 3.32. The van der Waals surface area contributed by atoms with Crippen LogP contribution in [0.5, 0.6) is 0 Å². The molecule has 3 atom stereocenters. The van der Waals surface area contributed by atoms with E-state index in [1.807, 2.05) is 0 Å². The minimum absolute atomic E-state index is 0.482. The highest BCUT2D eigenvalue weighted by Crippen LogP contribution is 2.41. The average Bonchev–Trinajstić information content (AvgIpc) is 2.95. The molecule has 1 heterocycles. The van der Waals surface area contributed by atoms with Crippen LogP contribution in [0.3, 0.4) is 0 Å². The molecule has 1 saturated carbocycles. The first-order chi connectivity index (χ1) is 9.13. The van der Waals surface area contributed by atoms with Gasteiger partial charge >= 0.3 is 0 Å². The maximum Gasteiger partial charge on any atom is 0.165 e. The second-order valence-corrected chi connectivity index (χ2v) is 6.24. The molecule has 19 heavy (non-hydrogen) atoms. The van der Waals surface area contributed by atoms with Crippen LogP contribution in [0.25, 0.3) is 0 Å². The van der Waals surface area contributed by atoms with E-state index in [0.29, 0.717) is 17.9 Å². The number of aromatic nitrogens is 4.